The van der Waals surface area contributed by atoms with E-state index >= 15 is 0 Å². The standard InChI is InChI=1S/C17H16N6O/c1-2-6-16(24-14-21-12-9-18-13-21)15(5-1)17(22-10-3-7-19-22)23-11-4-8-20-23/h1-13,17H,14H2. The van der Waals surface area contributed by atoms with E-state index in [9.17, 15) is 0 Å². The van der Waals surface area contributed by atoms with E-state index in [0.717, 1.165) is 11.3 Å². The van der Waals surface area contributed by atoms with Gasteiger partial charge in [0.1, 0.15) is 5.75 Å². The smallest absolute Gasteiger partial charge is 0.172 e. The van der Waals surface area contributed by atoms with Crippen molar-refractivity contribution in [3.05, 3.63) is 85.5 Å². The first-order chi connectivity index (χ1) is 11.9. The van der Waals surface area contributed by atoms with Crippen molar-refractivity contribution in [1.29, 1.82) is 0 Å². The van der Waals surface area contributed by atoms with Crippen LogP contribution in [0, 0.1) is 0 Å². The van der Waals surface area contributed by atoms with Crippen molar-refractivity contribution in [2.24, 2.45) is 0 Å². The van der Waals surface area contributed by atoms with Gasteiger partial charge in [-0.3, -0.25) is 0 Å². The summed E-state index contributed by atoms with van der Waals surface area (Å²) in [5, 5.41) is 8.77. The summed E-state index contributed by atoms with van der Waals surface area (Å²) in [6.45, 7) is 0.391. The van der Waals surface area contributed by atoms with Crippen LogP contribution in [0.3, 0.4) is 0 Å². The van der Waals surface area contributed by atoms with E-state index < -0.39 is 0 Å². The van der Waals surface area contributed by atoms with Gasteiger partial charge in [-0.05, 0) is 18.2 Å². The molecule has 0 aliphatic heterocycles. The maximum absolute atomic E-state index is 6.00. The Morgan fingerprint density at radius 3 is 2.25 bits per heavy atom. The van der Waals surface area contributed by atoms with Gasteiger partial charge in [-0.1, -0.05) is 18.2 Å². The highest BCUT2D eigenvalue weighted by Gasteiger charge is 2.20. The second-order valence-corrected chi connectivity index (χ2v) is 5.23. The van der Waals surface area contributed by atoms with Crippen LogP contribution in [0.5, 0.6) is 5.75 Å². The summed E-state index contributed by atoms with van der Waals surface area (Å²) in [6, 6.07) is 11.7. The summed E-state index contributed by atoms with van der Waals surface area (Å²) in [7, 11) is 0. The topological polar surface area (TPSA) is 62.7 Å². The highest BCUT2D eigenvalue weighted by molar-refractivity contribution is 5.36. The van der Waals surface area contributed by atoms with Crippen molar-refractivity contribution in [1.82, 2.24) is 29.1 Å². The van der Waals surface area contributed by atoms with Crippen molar-refractivity contribution in [2.75, 3.05) is 0 Å². The first-order valence-corrected chi connectivity index (χ1v) is 7.57. The second kappa shape index (κ2) is 6.41. The molecule has 0 fully saturated rings. The van der Waals surface area contributed by atoms with Crippen LogP contribution in [0.15, 0.2) is 79.9 Å². The van der Waals surface area contributed by atoms with E-state index in [2.05, 4.69) is 15.2 Å². The molecule has 0 atom stereocenters. The van der Waals surface area contributed by atoms with E-state index in [1.807, 2.05) is 68.9 Å². The van der Waals surface area contributed by atoms with Gasteiger partial charge >= 0.3 is 0 Å². The second-order valence-electron chi connectivity index (χ2n) is 5.23. The molecule has 0 spiro atoms. The summed E-state index contributed by atoms with van der Waals surface area (Å²) >= 11 is 0. The van der Waals surface area contributed by atoms with Crippen LogP contribution < -0.4 is 4.74 Å². The summed E-state index contributed by atoms with van der Waals surface area (Å²) < 4.78 is 11.6. The van der Waals surface area contributed by atoms with Gasteiger partial charge in [0, 0.05) is 42.7 Å². The minimum Gasteiger partial charge on any atom is -0.472 e. The monoisotopic (exact) mass is 320 g/mol. The Bertz CT molecular complexity index is 834. The Labute approximate surface area is 138 Å². The molecule has 0 bridgehead atoms. The molecule has 4 aromatic rings. The average molecular weight is 320 g/mol. The van der Waals surface area contributed by atoms with Crippen molar-refractivity contribution in [2.45, 2.75) is 12.9 Å². The molecule has 0 N–H and O–H groups in total. The molecular formula is C17H16N6O. The number of rotatable bonds is 6. The Morgan fingerprint density at radius 1 is 0.875 bits per heavy atom. The van der Waals surface area contributed by atoms with Gasteiger partial charge in [0.2, 0.25) is 0 Å². The van der Waals surface area contributed by atoms with Crippen LogP contribution in [0.2, 0.25) is 0 Å². The van der Waals surface area contributed by atoms with Gasteiger partial charge < -0.3 is 9.30 Å². The third-order valence-corrected chi connectivity index (χ3v) is 3.68. The Balaban J connectivity index is 1.70. The van der Waals surface area contributed by atoms with Crippen molar-refractivity contribution in [3.63, 3.8) is 0 Å². The number of hydrogen-bond donors (Lipinski definition) is 0. The van der Waals surface area contributed by atoms with Gasteiger partial charge in [-0.2, -0.15) is 10.2 Å². The highest BCUT2D eigenvalue weighted by atomic mass is 16.5. The third kappa shape index (κ3) is 2.79. The summed E-state index contributed by atoms with van der Waals surface area (Å²) in [4.78, 5) is 4.03. The summed E-state index contributed by atoms with van der Waals surface area (Å²) in [5.74, 6) is 0.780. The fraction of sp³-hybridized carbons (Fsp3) is 0.118. The lowest BCUT2D eigenvalue weighted by Gasteiger charge is -2.21. The molecule has 0 unspecified atom stereocenters. The van der Waals surface area contributed by atoms with E-state index in [1.165, 1.54) is 0 Å². The average Bonchev–Trinajstić information content (AvgIpc) is 3.38. The van der Waals surface area contributed by atoms with Crippen molar-refractivity contribution >= 4 is 0 Å². The van der Waals surface area contributed by atoms with Crippen LogP contribution >= 0.6 is 0 Å². The van der Waals surface area contributed by atoms with Crippen molar-refractivity contribution in [3.8, 4) is 5.75 Å². The Morgan fingerprint density at radius 2 is 1.62 bits per heavy atom. The largest absolute Gasteiger partial charge is 0.472 e. The number of ether oxygens (including phenoxy) is 1. The zero-order valence-electron chi connectivity index (χ0n) is 12.9. The highest BCUT2D eigenvalue weighted by Crippen LogP contribution is 2.28. The zero-order valence-corrected chi connectivity index (χ0v) is 12.9. The van der Waals surface area contributed by atoms with Crippen LogP contribution in [-0.2, 0) is 6.73 Å². The number of nitrogens with zero attached hydrogens (tertiary/aromatic N) is 6. The van der Waals surface area contributed by atoms with Gasteiger partial charge in [-0.25, -0.2) is 14.3 Å². The lowest BCUT2D eigenvalue weighted by Crippen LogP contribution is -2.21. The van der Waals surface area contributed by atoms with Crippen molar-refractivity contribution < 1.29 is 4.74 Å². The molecule has 1 aromatic carbocycles. The van der Waals surface area contributed by atoms with Gasteiger partial charge in [0.25, 0.3) is 0 Å². The number of imidazole rings is 1. The maximum atomic E-state index is 6.00. The molecule has 7 heteroatoms. The molecule has 0 saturated carbocycles. The first kappa shape index (κ1) is 14.3. The van der Waals surface area contributed by atoms with Gasteiger partial charge in [0.05, 0.1) is 6.33 Å². The number of para-hydroxylation sites is 1. The summed E-state index contributed by atoms with van der Waals surface area (Å²) in [5.41, 5.74) is 0.977. The van der Waals surface area contributed by atoms with E-state index in [1.54, 1.807) is 24.9 Å². The number of benzene rings is 1. The Kier molecular flexibility index (Phi) is 3.81. The predicted octanol–water partition coefficient (Wildman–Crippen LogP) is 2.41. The quantitative estimate of drug-likeness (QED) is 0.547. The lowest BCUT2D eigenvalue weighted by molar-refractivity contribution is 0.229. The maximum Gasteiger partial charge on any atom is 0.172 e. The SMILES string of the molecule is c1ccc(C(n2cccn2)n2cccn2)c(OCn2ccnc2)c1. The van der Waals surface area contributed by atoms with Gasteiger partial charge in [0.15, 0.2) is 12.9 Å². The first-order valence-electron chi connectivity index (χ1n) is 7.57. The zero-order chi connectivity index (χ0) is 16.2. The van der Waals surface area contributed by atoms with Crippen LogP contribution in [0.25, 0.3) is 0 Å². The molecule has 0 aliphatic carbocycles. The molecular weight excluding hydrogens is 304 g/mol. The van der Waals surface area contributed by atoms with E-state index in [-0.39, 0.29) is 6.17 Å². The minimum atomic E-state index is -0.214. The lowest BCUT2D eigenvalue weighted by atomic mass is 10.1. The molecule has 3 heterocycles. The fourth-order valence-corrected chi connectivity index (χ4v) is 2.59. The molecule has 0 amide bonds. The molecule has 0 saturated heterocycles. The number of aromatic nitrogens is 6. The Hall–Kier alpha value is -3.35. The van der Waals surface area contributed by atoms with E-state index in [0.29, 0.717) is 6.73 Å². The van der Waals surface area contributed by atoms with Crippen LogP contribution in [0.1, 0.15) is 11.7 Å². The molecule has 4 rings (SSSR count). The molecule has 3 aromatic heterocycles. The molecule has 0 aliphatic rings. The van der Waals surface area contributed by atoms with Gasteiger partial charge in [-0.15, -0.1) is 0 Å². The third-order valence-electron chi connectivity index (χ3n) is 3.68. The summed E-state index contributed by atoms with van der Waals surface area (Å²) in [6.07, 6.45) is 12.4. The van der Waals surface area contributed by atoms with E-state index in [4.69, 9.17) is 4.74 Å². The molecule has 24 heavy (non-hydrogen) atoms. The molecule has 0 radical (unpaired) electrons. The van der Waals surface area contributed by atoms with Crippen LogP contribution in [0.4, 0.5) is 0 Å². The fourth-order valence-electron chi connectivity index (χ4n) is 2.59. The van der Waals surface area contributed by atoms with Crippen LogP contribution in [-0.4, -0.2) is 29.1 Å². The molecule has 120 valence electrons. The predicted molar refractivity (Wildman–Crippen MR) is 87.3 cm³/mol. The normalized spacial score (nSPS) is 11.0. The molecule has 7 nitrogen and oxygen atoms in total. The minimum absolute atomic E-state index is 0.214. The number of hydrogen-bond acceptors (Lipinski definition) is 4.